The molecule has 1 heterocycles. The van der Waals surface area contributed by atoms with Gasteiger partial charge in [-0.1, -0.05) is 83.1 Å². The van der Waals surface area contributed by atoms with Gasteiger partial charge in [-0.2, -0.15) is 0 Å². The molecule has 302 valence electrons. The average molecular weight is 863 g/mol. The van der Waals surface area contributed by atoms with Gasteiger partial charge in [0.1, 0.15) is 23.7 Å². The van der Waals surface area contributed by atoms with E-state index in [1.807, 2.05) is 0 Å². The van der Waals surface area contributed by atoms with Crippen LogP contribution in [0.4, 0.5) is 20.2 Å². The van der Waals surface area contributed by atoms with Gasteiger partial charge >= 0.3 is 5.97 Å². The molecular weight excluding hydrogens is 823 g/mol. The molecule has 0 unspecified atom stereocenters. The molecule has 4 aromatic carbocycles. The summed E-state index contributed by atoms with van der Waals surface area (Å²) in [6, 6.07) is 21.8. The number of ether oxygens (including phenoxy) is 1. The summed E-state index contributed by atoms with van der Waals surface area (Å²) in [5, 5.41) is -0.880. The van der Waals surface area contributed by atoms with Gasteiger partial charge in [-0.3, -0.25) is 9.10 Å². The summed E-state index contributed by atoms with van der Waals surface area (Å²) in [6.45, 7) is 1.40. The molecule has 0 aromatic heterocycles. The molecule has 1 amide bonds. The third-order valence-electron chi connectivity index (χ3n) is 10.2. The summed E-state index contributed by atoms with van der Waals surface area (Å²) in [5.74, 6) is -3.69. The van der Waals surface area contributed by atoms with Crippen LogP contribution in [0, 0.1) is 11.6 Å². The summed E-state index contributed by atoms with van der Waals surface area (Å²) < 4.78 is 93.2. The maximum atomic E-state index is 15.5. The highest BCUT2D eigenvalue weighted by atomic mass is 35.5. The quantitative estimate of drug-likeness (QED) is 0.110. The molecule has 0 N–H and O–H groups in total. The van der Waals surface area contributed by atoms with Crippen molar-refractivity contribution in [2.45, 2.75) is 80.2 Å². The minimum atomic E-state index is -4.35. The maximum absolute atomic E-state index is 15.5. The fourth-order valence-electron chi connectivity index (χ4n) is 7.01. The van der Waals surface area contributed by atoms with Crippen molar-refractivity contribution in [1.82, 2.24) is 4.90 Å². The Hall–Kier alpha value is -4.28. The van der Waals surface area contributed by atoms with Crippen molar-refractivity contribution < 1.29 is 44.8 Å². The van der Waals surface area contributed by atoms with Crippen molar-refractivity contribution in [2.24, 2.45) is 0 Å². The zero-order chi connectivity index (χ0) is 40.6. The van der Waals surface area contributed by atoms with E-state index in [1.54, 1.807) is 55.5 Å². The molecular formula is C40H39Cl2F2N3O8S2. The van der Waals surface area contributed by atoms with Crippen molar-refractivity contribution in [2.75, 3.05) is 15.3 Å². The number of sulfonamides is 2. The molecule has 3 aliphatic rings. The molecule has 11 nitrogen and oxygen atoms in total. The first-order chi connectivity index (χ1) is 27.2. The van der Waals surface area contributed by atoms with E-state index in [4.69, 9.17) is 32.8 Å². The monoisotopic (exact) mass is 861 g/mol. The summed E-state index contributed by atoms with van der Waals surface area (Å²) in [5.41, 5.74) is 0.351. The number of hydrogen-bond donors (Lipinski definition) is 0. The summed E-state index contributed by atoms with van der Waals surface area (Å²) >= 11 is 12.8. The second-order valence-electron chi connectivity index (χ2n) is 14.2. The lowest BCUT2D eigenvalue weighted by molar-refractivity contribution is -0.184. The first kappa shape index (κ1) is 40.9. The fourth-order valence-corrected chi connectivity index (χ4v) is 10.8. The van der Waals surface area contributed by atoms with E-state index < -0.39 is 90.5 Å². The number of amides is 1. The van der Waals surface area contributed by atoms with Gasteiger partial charge in [0.15, 0.2) is 5.82 Å². The summed E-state index contributed by atoms with van der Waals surface area (Å²) in [6.07, 6.45) is -1.95. The highest BCUT2D eigenvalue weighted by Gasteiger charge is 2.50. The number of rotatable bonds is 15. The van der Waals surface area contributed by atoms with E-state index in [2.05, 4.69) is 0 Å². The lowest BCUT2D eigenvalue weighted by Crippen LogP contribution is -2.58. The lowest BCUT2D eigenvalue weighted by Gasteiger charge is -2.48. The molecule has 0 radical (unpaired) electrons. The molecule has 3 fully saturated rings. The van der Waals surface area contributed by atoms with Gasteiger partial charge in [-0.05, 0) is 91.8 Å². The van der Waals surface area contributed by atoms with Gasteiger partial charge in [-0.15, -0.1) is 0 Å². The van der Waals surface area contributed by atoms with Crippen LogP contribution in [0.15, 0.2) is 97.1 Å². The SMILES string of the molecule is CC[C@@H](CN(c1ccccc1F)S(=O)(=O)C1CC1)N1C(=O)[C@@H](CC(=O)ON(c2ccccc2F)S(=O)(=O)C2CC2)O[C@H](c2cccc(Cl)c2)[C@H]1c1ccc(Cl)cc1. The highest BCUT2D eigenvalue weighted by molar-refractivity contribution is 7.93. The van der Waals surface area contributed by atoms with Gasteiger partial charge in [0, 0.05) is 10.0 Å². The van der Waals surface area contributed by atoms with E-state index in [0.29, 0.717) is 34.0 Å². The highest BCUT2D eigenvalue weighted by Crippen LogP contribution is 2.46. The summed E-state index contributed by atoms with van der Waals surface area (Å²) in [4.78, 5) is 35.6. The van der Waals surface area contributed by atoms with Gasteiger partial charge in [0.25, 0.3) is 15.9 Å². The Morgan fingerprint density at radius 3 is 1.98 bits per heavy atom. The average Bonchev–Trinajstić information content (AvgIpc) is 4.10. The van der Waals surface area contributed by atoms with Gasteiger partial charge < -0.3 is 14.5 Å². The van der Waals surface area contributed by atoms with Crippen LogP contribution >= 0.6 is 23.2 Å². The first-order valence-electron chi connectivity index (χ1n) is 18.4. The zero-order valence-corrected chi connectivity index (χ0v) is 33.7. The molecule has 4 aromatic rings. The zero-order valence-electron chi connectivity index (χ0n) is 30.6. The second-order valence-corrected chi connectivity index (χ2v) is 19.3. The van der Waals surface area contributed by atoms with Crippen LogP contribution in [0.1, 0.15) is 68.7 Å². The van der Waals surface area contributed by atoms with Crippen LogP contribution in [-0.4, -0.2) is 62.8 Å². The van der Waals surface area contributed by atoms with Crippen LogP contribution in [0.3, 0.4) is 0 Å². The molecule has 0 spiro atoms. The number of benzene rings is 4. The van der Waals surface area contributed by atoms with E-state index >= 15 is 8.78 Å². The normalized spacial score (nSPS) is 20.5. The fraction of sp³-hybridized carbons (Fsp3) is 0.350. The lowest BCUT2D eigenvalue weighted by atomic mass is 9.89. The Bertz CT molecular complexity index is 2370. The van der Waals surface area contributed by atoms with E-state index in [0.717, 1.165) is 22.5 Å². The van der Waals surface area contributed by atoms with Crippen molar-refractivity contribution in [1.29, 1.82) is 0 Å². The van der Waals surface area contributed by atoms with Gasteiger partial charge in [0.2, 0.25) is 10.0 Å². The Morgan fingerprint density at radius 1 is 0.807 bits per heavy atom. The Morgan fingerprint density at radius 2 is 1.40 bits per heavy atom. The van der Waals surface area contributed by atoms with Crippen molar-refractivity contribution >= 4 is 66.5 Å². The third-order valence-corrected chi connectivity index (χ3v) is 15.0. The largest absolute Gasteiger partial charge is 0.357 e. The predicted octanol–water partition coefficient (Wildman–Crippen LogP) is 7.91. The molecule has 2 aliphatic carbocycles. The van der Waals surface area contributed by atoms with E-state index in [1.165, 1.54) is 35.2 Å². The van der Waals surface area contributed by atoms with Crippen LogP contribution in [0.5, 0.6) is 0 Å². The number of nitrogens with zero attached hydrogens (tertiary/aromatic N) is 3. The molecule has 1 aliphatic heterocycles. The third kappa shape index (κ3) is 8.63. The van der Waals surface area contributed by atoms with Crippen LogP contribution < -0.4 is 8.77 Å². The Labute approximate surface area is 340 Å². The number of carbonyl (C=O) groups excluding carboxylic acids is 2. The number of carbonyl (C=O) groups is 2. The molecule has 2 saturated carbocycles. The maximum Gasteiger partial charge on any atom is 0.337 e. The van der Waals surface area contributed by atoms with Crippen molar-refractivity contribution in [3.05, 3.63) is 130 Å². The van der Waals surface area contributed by atoms with Crippen molar-refractivity contribution in [3.8, 4) is 0 Å². The molecule has 1 saturated heterocycles. The number of para-hydroxylation sites is 2. The van der Waals surface area contributed by atoms with Crippen LogP contribution in [-0.2, 0) is 39.2 Å². The van der Waals surface area contributed by atoms with E-state index in [-0.39, 0.29) is 36.0 Å². The number of anilines is 2. The Balaban J connectivity index is 1.31. The molecule has 7 rings (SSSR count). The molecule has 17 heteroatoms. The van der Waals surface area contributed by atoms with Crippen LogP contribution in [0.25, 0.3) is 0 Å². The number of morpholine rings is 1. The standard InChI is InChI=1S/C40H39Cl2F2N3O8S2/c1-2-29(24-45(56(50,51)30-18-19-30)34-12-5-3-10-32(34)43)46-38(25-14-16-27(41)17-15-25)39(26-8-7-9-28(42)22-26)54-36(40(46)49)23-37(48)55-47(57(52,53)31-20-21-31)35-13-6-4-11-33(35)44/h3-17,22,29-31,36,38-39H,2,18-21,23-24H2,1H3/t29-,36+,38+,39+/m0/s1. The number of halogens is 4. The molecule has 4 atom stereocenters. The van der Waals surface area contributed by atoms with Crippen molar-refractivity contribution in [3.63, 3.8) is 0 Å². The minimum absolute atomic E-state index is 0.168. The topological polar surface area (TPSA) is 131 Å². The van der Waals surface area contributed by atoms with Gasteiger partial charge in [0.05, 0.1) is 41.2 Å². The second kappa shape index (κ2) is 16.5. The minimum Gasteiger partial charge on any atom is -0.357 e. The molecule has 0 bridgehead atoms. The Kier molecular flexibility index (Phi) is 11.9. The van der Waals surface area contributed by atoms with E-state index in [9.17, 15) is 26.4 Å². The first-order valence-corrected chi connectivity index (χ1v) is 22.2. The van der Waals surface area contributed by atoms with Crippen LogP contribution in [0.2, 0.25) is 10.0 Å². The summed E-state index contributed by atoms with van der Waals surface area (Å²) in [7, 11) is -8.45. The predicted molar refractivity (Wildman–Crippen MR) is 211 cm³/mol. The van der Waals surface area contributed by atoms with Gasteiger partial charge in [-0.25, -0.2) is 30.4 Å². The molecule has 57 heavy (non-hydrogen) atoms. The number of hydrogen-bond acceptors (Lipinski definition) is 8. The smallest absolute Gasteiger partial charge is 0.337 e.